The van der Waals surface area contributed by atoms with Crippen LogP contribution >= 0.6 is 0 Å². The van der Waals surface area contributed by atoms with Crippen molar-refractivity contribution < 1.29 is 13.2 Å². The highest BCUT2D eigenvalue weighted by molar-refractivity contribution is 7.90. The number of sulfone groups is 1. The molecule has 2 atom stereocenters. The van der Waals surface area contributed by atoms with Crippen LogP contribution in [-0.4, -0.2) is 29.4 Å². The third-order valence-corrected chi connectivity index (χ3v) is 7.69. The predicted octanol–water partition coefficient (Wildman–Crippen LogP) is 5.41. The van der Waals surface area contributed by atoms with Crippen molar-refractivity contribution in [3.8, 4) is 11.9 Å². The van der Waals surface area contributed by atoms with Crippen LogP contribution in [0.1, 0.15) is 37.3 Å². The van der Waals surface area contributed by atoms with Crippen molar-refractivity contribution in [2.45, 2.75) is 43.2 Å². The molecule has 0 saturated heterocycles. The van der Waals surface area contributed by atoms with Crippen molar-refractivity contribution in [1.82, 2.24) is 14.8 Å². The Morgan fingerprint density at radius 2 is 1.83 bits per heavy atom. The molecule has 0 spiro atoms. The molecule has 1 unspecified atom stereocenters. The highest BCUT2D eigenvalue weighted by Gasteiger charge is 2.30. The number of pyridine rings is 1. The van der Waals surface area contributed by atoms with Gasteiger partial charge in [0.1, 0.15) is 12.0 Å². The molecule has 36 heavy (non-hydrogen) atoms. The zero-order chi connectivity index (χ0) is 25.1. The molecule has 2 aromatic carbocycles. The molecular formula is C27H27N5O3S. The van der Waals surface area contributed by atoms with Crippen LogP contribution in [0.3, 0.4) is 0 Å². The normalized spacial score (nSPS) is 18.0. The maximum atomic E-state index is 11.9. The van der Waals surface area contributed by atoms with E-state index in [-0.39, 0.29) is 16.9 Å². The molecule has 8 nitrogen and oxygen atoms in total. The molecule has 0 bridgehead atoms. The van der Waals surface area contributed by atoms with Gasteiger partial charge in [-0.15, -0.1) is 0 Å². The number of hydrogen-bond donors (Lipinski definition) is 1. The average molecular weight is 502 g/mol. The summed E-state index contributed by atoms with van der Waals surface area (Å²) in [6.07, 6.45) is 6.69. The molecule has 0 radical (unpaired) electrons. The summed E-state index contributed by atoms with van der Waals surface area (Å²) in [5.41, 5.74) is 2.55. The zero-order valence-corrected chi connectivity index (χ0v) is 20.8. The summed E-state index contributed by atoms with van der Waals surface area (Å²) in [5.74, 6) is 0.878. The Balaban J connectivity index is 1.56. The fourth-order valence-electron chi connectivity index (χ4n) is 4.71. The minimum atomic E-state index is -3.30. The number of aromatic nitrogens is 3. The Morgan fingerprint density at radius 3 is 2.56 bits per heavy atom. The maximum Gasteiger partial charge on any atom is 0.227 e. The first-order chi connectivity index (χ1) is 17.4. The summed E-state index contributed by atoms with van der Waals surface area (Å²) < 4.78 is 31.8. The van der Waals surface area contributed by atoms with Crippen LogP contribution < -0.4 is 10.1 Å². The second kappa shape index (κ2) is 9.99. The van der Waals surface area contributed by atoms with Gasteiger partial charge in [-0.1, -0.05) is 43.2 Å². The lowest BCUT2D eigenvalue weighted by Gasteiger charge is -2.27. The van der Waals surface area contributed by atoms with E-state index in [4.69, 9.17) is 9.84 Å². The fraction of sp³-hybridized carbons (Fsp3) is 0.296. The molecule has 1 aliphatic carbocycles. The van der Waals surface area contributed by atoms with E-state index in [0.29, 0.717) is 24.0 Å². The molecule has 9 heteroatoms. The van der Waals surface area contributed by atoms with Gasteiger partial charge >= 0.3 is 0 Å². The van der Waals surface area contributed by atoms with Gasteiger partial charge in [0.25, 0.3) is 0 Å². The Hall–Kier alpha value is -3.90. The minimum absolute atomic E-state index is 0.0428. The first kappa shape index (κ1) is 23.8. The van der Waals surface area contributed by atoms with Crippen LogP contribution in [0, 0.1) is 17.2 Å². The molecule has 184 valence electrons. The number of nitrogens with zero attached hydrogens (tertiary/aromatic N) is 4. The molecule has 0 aliphatic heterocycles. The van der Waals surface area contributed by atoms with Crippen molar-refractivity contribution >= 4 is 32.2 Å². The summed E-state index contributed by atoms with van der Waals surface area (Å²) in [6.45, 7) is 0.352. The minimum Gasteiger partial charge on any atom is -0.472 e. The van der Waals surface area contributed by atoms with E-state index in [1.165, 1.54) is 6.26 Å². The van der Waals surface area contributed by atoms with Gasteiger partial charge in [0.15, 0.2) is 15.7 Å². The lowest BCUT2D eigenvalue weighted by atomic mass is 9.85. The molecule has 4 aromatic rings. The van der Waals surface area contributed by atoms with Crippen molar-refractivity contribution in [2.75, 3.05) is 11.6 Å². The smallest absolute Gasteiger partial charge is 0.227 e. The van der Waals surface area contributed by atoms with Gasteiger partial charge in [-0.05, 0) is 48.7 Å². The summed E-state index contributed by atoms with van der Waals surface area (Å²) in [7, 11) is -3.30. The van der Waals surface area contributed by atoms with Crippen molar-refractivity contribution in [2.24, 2.45) is 5.92 Å². The van der Waals surface area contributed by atoms with Crippen LogP contribution in [0.5, 0.6) is 5.88 Å². The highest BCUT2D eigenvalue weighted by atomic mass is 32.2. The fourth-order valence-corrected chi connectivity index (χ4v) is 5.34. The van der Waals surface area contributed by atoms with Gasteiger partial charge in [0, 0.05) is 18.1 Å². The number of ether oxygens (including phenoxy) is 1. The quantitative estimate of drug-likeness (QED) is 0.360. The number of rotatable bonds is 7. The lowest BCUT2D eigenvalue weighted by Crippen LogP contribution is -2.23. The second-order valence-electron chi connectivity index (χ2n) is 9.09. The number of nitriles is 1. The third kappa shape index (κ3) is 4.90. The van der Waals surface area contributed by atoms with E-state index in [1.54, 1.807) is 30.5 Å². The van der Waals surface area contributed by atoms with Gasteiger partial charge < -0.3 is 10.1 Å². The Bertz CT molecular complexity index is 1510. The SMILES string of the molecule is CS(=O)(=O)c1ccc(Nc2nn([C@H]3CCCCC3C#N)c3ccnc(OCc4ccccc4)c23)cc1. The average Bonchev–Trinajstić information content (AvgIpc) is 3.26. The summed E-state index contributed by atoms with van der Waals surface area (Å²) in [5, 5.41) is 18.8. The molecule has 0 amide bonds. The Labute approximate surface area is 210 Å². The van der Waals surface area contributed by atoms with Crippen LogP contribution in [0.4, 0.5) is 11.5 Å². The molecule has 1 aliphatic rings. The van der Waals surface area contributed by atoms with E-state index in [1.807, 2.05) is 41.1 Å². The summed E-state index contributed by atoms with van der Waals surface area (Å²) in [6, 6.07) is 20.7. The molecule has 5 rings (SSSR count). The predicted molar refractivity (Wildman–Crippen MR) is 138 cm³/mol. The third-order valence-electron chi connectivity index (χ3n) is 6.56. The van der Waals surface area contributed by atoms with Crippen molar-refractivity contribution in [3.63, 3.8) is 0 Å². The Kier molecular flexibility index (Phi) is 6.61. The number of nitrogens with one attached hydrogen (secondary N) is 1. The van der Waals surface area contributed by atoms with Gasteiger partial charge in [-0.3, -0.25) is 4.68 Å². The first-order valence-electron chi connectivity index (χ1n) is 11.9. The van der Waals surface area contributed by atoms with E-state index in [2.05, 4.69) is 16.4 Å². The topological polar surface area (TPSA) is 110 Å². The van der Waals surface area contributed by atoms with Crippen molar-refractivity contribution in [1.29, 1.82) is 5.26 Å². The molecule has 2 aromatic heterocycles. The van der Waals surface area contributed by atoms with Gasteiger partial charge in [0.2, 0.25) is 5.88 Å². The first-order valence-corrected chi connectivity index (χ1v) is 13.8. The molecule has 1 saturated carbocycles. The standard InChI is InChI=1S/C27H27N5O3S/c1-36(33,34)22-13-11-21(12-14-22)30-26-25-24(32(31-26)23-10-6-5-9-20(23)17-28)15-16-29-27(25)35-18-19-7-3-2-4-8-19/h2-4,7-8,11-16,20,23H,5-6,9-10,18H2,1H3,(H,30,31)/t20?,23-/m0/s1. The summed E-state index contributed by atoms with van der Waals surface area (Å²) >= 11 is 0. The molecular weight excluding hydrogens is 474 g/mol. The molecule has 2 heterocycles. The van der Waals surface area contributed by atoms with Crippen LogP contribution in [0.15, 0.2) is 71.8 Å². The van der Waals surface area contributed by atoms with Gasteiger partial charge in [-0.25, -0.2) is 13.4 Å². The van der Waals surface area contributed by atoms with Gasteiger partial charge in [0.05, 0.1) is 28.4 Å². The maximum absolute atomic E-state index is 11.9. The number of anilines is 2. The number of benzene rings is 2. The largest absolute Gasteiger partial charge is 0.472 e. The van der Waals surface area contributed by atoms with E-state index >= 15 is 0 Å². The van der Waals surface area contributed by atoms with Gasteiger partial charge in [-0.2, -0.15) is 10.4 Å². The second-order valence-corrected chi connectivity index (χ2v) is 11.1. The number of fused-ring (bicyclic) bond motifs is 1. The zero-order valence-electron chi connectivity index (χ0n) is 20.0. The monoisotopic (exact) mass is 501 g/mol. The molecule has 1 N–H and O–H groups in total. The van der Waals surface area contributed by atoms with E-state index in [0.717, 1.165) is 42.1 Å². The Morgan fingerprint density at radius 1 is 1.08 bits per heavy atom. The van der Waals surface area contributed by atoms with Crippen molar-refractivity contribution in [3.05, 3.63) is 72.4 Å². The van der Waals surface area contributed by atoms with Crippen LogP contribution in [-0.2, 0) is 16.4 Å². The summed E-state index contributed by atoms with van der Waals surface area (Å²) in [4.78, 5) is 4.75. The number of hydrogen-bond acceptors (Lipinski definition) is 7. The van der Waals surface area contributed by atoms with E-state index in [9.17, 15) is 13.7 Å². The molecule has 1 fully saturated rings. The van der Waals surface area contributed by atoms with Crippen LogP contribution in [0.25, 0.3) is 10.9 Å². The van der Waals surface area contributed by atoms with Crippen LogP contribution in [0.2, 0.25) is 0 Å². The highest BCUT2D eigenvalue weighted by Crippen LogP contribution is 2.39. The van der Waals surface area contributed by atoms with E-state index < -0.39 is 9.84 Å². The lowest BCUT2D eigenvalue weighted by molar-refractivity contribution is 0.277.